The topological polar surface area (TPSA) is 29.1 Å². The van der Waals surface area contributed by atoms with Gasteiger partial charge in [0.25, 0.3) is 5.91 Å². The Hall–Kier alpha value is -2.37. The molecular weight excluding hydrogens is 286 g/mol. The number of carbonyl (C=O) groups is 1. The Balaban J connectivity index is 2.24. The maximum atomic E-state index is 13.0. The Morgan fingerprint density at radius 2 is 1.81 bits per heavy atom. The van der Waals surface area contributed by atoms with E-state index < -0.39 is 23.5 Å². The van der Waals surface area contributed by atoms with Crippen LogP contribution in [-0.2, 0) is 6.18 Å². The summed E-state index contributed by atoms with van der Waals surface area (Å²) in [5, 5.41) is 2.37. The highest BCUT2D eigenvalue weighted by atomic mass is 19.4. The molecule has 21 heavy (non-hydrogen) atoms. The molecule has 2 aromatic rings. The molecule has 2 nitrogen and oxygen atoms in total. The minimum Gasteiger partial charge on any atom is -0.322 e. The first-order valence-corrected chi connectivity index (χ1v) is 6.02. The molecule has 0 aliphatic rings. The first kappa shape index (κ1) is 15.0. The molecule has 0 spiro atoms. The van der Waals surface area contributed by atoms with Gasteiger partial charge in [0.05, 0.1) is 5.56 Å². The molecule has 0 fully saturated rings. The van der Waals surface area contributed by atoms with Crippen molar-refractivity contribution >= 4 is 11.6 Å². The van der Waals surface area contributed by atoms with E-state index in [4.69, 9.17) is 0 Å². The number of hydrogen-bond acceptors (Lipinski definition) is 1. The van der Waals surface area contributed by atoms with E-state index in [1.807, 2.05) is 0 Å². The second-order valence-electron chi connectivity index (χ2n) is 4.49. The highest BCUT2D eigenvalue weighted by Crippen LogP contribution is 2.30. The zero-order chi connectivity index (χ0) is 15.6. The van der Waals surface area contributed by atoms with Gasteiger partial charge < -0.3 is 5.32 Å². The molecule has 0 radical (unpaired) electrons. The molecule has 1 amide bonds. The third-order valence-corrected chi connectivity index (χ3v) is 2.88. The molecule has 1 N–H and O–H groups in total. The van der Waals surface area contributed by atoms with E-state index in [0.29, 0.717) is 5.56 Å². The maximum absolute atomic E-state index is 13.0. The van der Waals surface area contributed by atoms with Gasteiger partial charge in [-0.1, -0.05) is 6.07 Å². The van der Waals surface area contributed by atoms with Crippen molar-refractivity contribution in [3.05, 3.63) is 65.0 Å². The van der Waals surface area contributed by atoms with E-state index in [1.54, 1.807) is 6.92 Å². The molecule has 0 unspecified atom stereocenters. The highest BCUT2D eigenvalue weighted by molar-refractivity contribution is 6.05. The second kappa shape index (κ2) is 5.55. The lowest BCUT2D eigenvalue weighted by Gasteiger charge is -2.11. The van der Waals surface area contributed by atoms with Gasteiger partial charge in [0.2, 0.25) is 0 Å². The van der Waals surface area contributed by atoms with Gasteiger partial charge in [0, 0.05) is 11.3 Å². The summed E-state index contributed by atoms with van der Waals surface area (Å²) in [4.78, 5) is 12.0. The molecule has 0 heterocycles. The molecule has 2 rings (SSSR count). The van der Waals surface area contributed by atoms with Gasteiger partial charge in [-0.3, -0.25) is 4.79 Å². The van der Waals surface area contributed by atoms with Crippen molar-refractivity contribution in [2.24, 2.45) is 0 Å². The predicted octanol–water partition coefficient (Wildman–Crippen LogP) is 4.41. The average molecular weight is 297 g/mol. The molecule has 6 heteroatoms. The Morgan fingerprint density at radius 1 is 1.10 bits per heavy atom. The van der Waals surface area contributed by atoms with E-state index in [-0.39, 0.29) is 11.3 Å². The zero-order valence-corrected chi connectivity index (χ0v) is 11.0. The quantitative estimate of drug-likeness (QED) is 0.818. The van der Waals surface area contributed by atoms with E-state index in [0.717, 1.165) is 18.2 Å². The lowest BCUT2D eigenvalue weighted by Crippen LogP contribution is -2.14. The third kappa shape index (κ3) is 3.59. The number of carbonyl (C=O) groups excluding carboxylic acids is 1. The van der Waals surface area contributed by atoms with Crippen LogP contribution in [0.25, 0.3) is 0 Å². The van der Waals surface area contributed by atoms with Crippen molar-refractivity contribution in [2.75, 3.05) is 5.32 Å². The third-order valence-electron chi connectivity index (χ3n) is 2.88. The van der Waals surface area contributed by atoms with E-state index in [2.05, 4.69) is 5.32 Å². The van der Waals surface area contributed by atoms with Crippen LogP contribution in [0.15, 0.2) is 42.5 Å². The van der Waals surface area contributed by atoms with Crippen molar-refractivity contribution in [3.63, 3.8) is 0 Å². The maximum Gasteiger partial charge on any atom is 0.416 e. The Labute approximate surface area is 118 Å². The van der Waals surface area contributed by atoms with Crippen LogP contribution in [0.4, 0.5) is 23.2 Å². The number of rotatable bonds is 2. The van der Waals surface area contributed by atoms with Crippen LogP contribution in [0, 0.1) is 12.7 Å². The molecule has 0 bridgehead atoms. The average Bonchev–Trinajstić information content (AvgIpc) is 2.37. The van der Waals surface area contributed by atoms with E-state index >= 15 is 0 Å². The fourth-order valence-corrected chi connectivity index (χ4v) is 1.85. The van der Waals surface area contributed by atoms with Crippen molar-refractivity contribution < 1.29 is 22.4 Å². The number of anilines is 1. The lowest BCUT2D eigenvalue weighted by atomic mass is 10.1. The van der Waals surface area contributed by atoms with Crippen LogP contribution >= 0.6 is 0 Å². The highest BCUT2D eigenvalue weighted by Gasteiger charge is 2.30. The summed E-state index contributed by atoms with van der Waals surface area (Å²) in [5.74, 6) is -1.07. The van der Waals surface area contributed by atoms with Gasteiger partial charge >= 0.3 is 6.18 Å². The Kier molecular flexibility index (Phi) is 3.97. The standard InChI is InChI=1S/C15H11F4NO/c1-9-7-11(16)5-6-13(9)14(21)20-12-4-2-3-10(8-12)15(17,18)19/h2-8H,1H3,(H,20,21). The number of aryl methyl sites for hydroxylation is 1. The molecule has 0 aromatic heterocycles. The van der Waals surface area contributed by atoms with Gasteiger partial charge in [-0.2, -0.15) is 13.2 Å². The zero-order valence-electron chi connectivity index (χ0n) is 11.0. The molecule has 0 aliphatic heterocycles. The Morgan fingerprint density at radius 3 is 2.43 bits per heavy atom. The van der Waals surface area contributed by atoms with Crippen LogP contribution in [0.1, 0.15) is 21.5 Å². The first-order valence-electron chi connectivity index (χ1n) is 6.02. The first-order chi connectivity index (χ1) is 9.77. The molecule has 0 saturated carbocycles. The monoisotopic (exact) mass is 297 g/mol. The summed E-state index contributed by atoms with van der Waals surface area (Å²) in [7, 11) is 0. The fraction of sp³-hybridized carbons (Fsp3) is 0.133. The lowest BCUT2D eigenvalue weighted by molar-refractivity contribution is -0.137. The normalized spacial score (nSPS) is 11.3. The molecule has 0 aliphatic carbocycles. The summed E-state index contributed by atoms with van der Waals surface area (Å²) >= 11 is 0. The van der Waals surface area contributed by atoms with Crippen LogP contribution < -0.4 is 5.32 Å². The van der Waals surface area contributed by atoms with Crippen molar-refractivity contribution in [3.8, 4) is 0 Å². The second-order valence-corrected chi connectivity index (χ2v) is 4.49. The minimum absolute atomic E-state index is 0.0264. The van der Waals surface area contributed by atoms with Gasteiger partial charge in [0.1, 0.15) is 5.82 Å². The van der Waals surface area contributed by atoms with Gasteiger partial charge in [0.15, 0.2) is 0 Å². The summed E-state index contributed by atoms with van der Waals surface area (Å²) in [6.07, 6.45) is -4.48. The number of benzene rings is 2. The van der Waals surface area contributed by atoms with Crippen LogP contribution in [0.5, 0.6) is 0 Å². The molecular formula is C15H11F4NO. The van der Waals surface area contributed by atoms with Crippen LogP contribution in [0.2, 0.25) is 0 Å². The molecule has 110 valence electrons. The molecule has 0 saturated heterocycles. The van der Waals surface area contributed by atoms with Crippen molar-refractivity contribution in [2.45, 2.75) is 13.1 Å². The minimum atomic E-state index is -4.48. The number of alkyl halides is 3. The summed E-state index contributed by atoms with van der Waals surface area (Å²) < 4.78 is 50.7. The molecule has 2 aromatic carbocycles. The number of halogens is 4. The molecule has 0 atom stereocenters. The van der Waals surface area contributed by atoms with Crippen LogP contribution in [-0.4, -0.2) is 5.91 Å². The smallest absolute Gasteiger partial charge is 0.322 e. The largest absolute Gasteiger partial charge is 0.416 e. The summed E-state index contributed by atoms with van der Waals surface area (Å²) in [6, 6.07) is 7.90. The van der Waals surface area contributed by atoms with Crippen molar-refractivity contribution in [1.29, 1.82) is 0 Å². The number of amides is 1. The SMILES string of the molecule is Cc1cc(F)ccc1C(=O)Nc1cccc(C(F)(F)F)c1. The van der Waals surface area contributed by atoms with Crippen molar-refractivity contribution in [1.82, 2.24) is 0 Å². The van der Waals surface area contributed by atoms with Gasteiger partial charge in [-0.15, -0.1) is 0 Å². The Bertz CT molecular complexity index is 680. The predicted molar refractivity (Wildman–Crippen MR) is 70.5 cm³/mol. The summed E-state index contributed by atoms with van der Waals surface area (Å²) in [6.45, 7) is 1.55. The van der Waals surface area contributed by atoms with Gasteiger partial charge in [-0.05, 0) is 48.9 Å². The number of hydrogen-bond donors (Lipinski definition) is 1. The van der Waals surface area contributed by atoms with Gasteiger partial charge in [-0.25, -0.2) is 4.39 Å². The fourth-order valence-electron chi connectivity index (χ4n) is 1.85. The number of nitrogens with one attached hydrogen (secondary N) is 1. The van der Waals surface area contributed by atoms with Crippen LogP contribution in [0.3, 0.4) is 0 Å². The summed E-state index contributed by atoms with van der Waals surface area (Å²) in [5.41, 5.74) is -0.219. The van der Waals surface area contributed by atoms with E-state index in [1.165, 1.54) is 24.3 Å². The van der Waals surface area contributed by atoms with E-state index in [9.17, 15) is 22.4 Å².